The zero-order valence-corrected chi connectivity index (χ0v) is 14.1. The van der Waals surface area contributed by atoms with Crippen molar-refractivity contribution in [3.05, 3.63) is 70.7 Å². The van der Waals surface area contributed by atoms with Crippen molar-refractivity contribution in [2.45, 2.75) is 13.1 Å². The van der Waals surface area contributed by atoms with Crippen molar-refractivity contribution in [1.29, 1.82) is 0 Å². The smallest absolute Gasteiger partial charge is 0.191 e. The van der Waals surface area contributed by atoms with E-state index in [2.05, 4.69) is 32.1 Å². The zero-order chi connectivity index (χ0) is 16.8. The molecule has 0 aliphatic rings. The average molecular weight is 343 g/mol. The van der Waals surface area contributed by atoms with Crippen molar-refractivity contribution in [3.8, 4) is 5.69 Å². The third-order valence-electron chi connectivity index (χ3n) is 3.52. The highest BCUT2D eigenvalue weighted by Crippen LogP contribution is 2.14. The van der Waals surface area contributed by atoms with Gasteiger partial charge >= 0.3 is 0 Å². The van der Waals surface area contributed by atoms with E-state index in [1.165, 1.54) is 11.6 Å². The molecule has 0 fully saturated rings. The Morgan fingerprint density at radius 3 is 2.71 bits per heavy atom. The van der Waals surface area contributed by atoms with E-state index in [0.717, 1.165) is 5.56 Å². The molecule has 3 aromatic rings. The number of nitrogens with zero attached hydrogens (tertiary/aromatic N) is 3. The highest BCUT2D eigenvalue weighted by atomic mass is 32.1. The largest absolute Gasteiger partial charge is 0.352 e. The normalized spacial score (nSPS) is 11.5. The van der Waals surface area contributed by atoms with Crippen LogP contribution in [0, 0.1) is 5.82 Å². The Bertz CT molecular complexity index is 797. The third kappa shape index (κ3) is 3.99. The van der Waals surface area contributed by atoms with Crippen LogP contribution in [0.4, 0.5) is 4.39 Å². The Balaban J connectivity index is 1.58. The number of nitrogens with one attached hydrogen (secondary N) is 2. The summed E-state index contributed by atoms with van der Waals surface area (Å²) in [7, 11) is 1.71. The summed E-state index contributed by atoms with van der Waals surface area (Å²) in [6.07, 6.45) is 4.91. The van der Waals surface area contributed by atoms with Crippen molar-refractivity contribution in [2.24, 2.45) is 4.99 Å². The van der Waals surface area contributed by atoms with Crippen molar-refractivity contribution in [1.82, 2.24) is 20.2 Å². The molecule has 0 radical (unpaired) electrons. The SMILES string of the molecule is CN=C(NCc1ccsc1)NCc1ccc(-n2ccnc2)c(F)c1. The van der Waals surface area contributed by atoms with Crippen LogP contribution in [0.1, 0.15) is 11.1 Å². The second-order valence-corrected chi connectivity index (χ2v) is 5.95. The maximum Gasteiger partial charge on any atom is 0.191 e. The molecule has 0 unspecified atom stereocenters. The van der Waals surface area contributed by atoms with Crippen LogP contribution < -0.4 is 10.6 Å². The number of guanidine groups is 1. The number of halogens is 1. The molecule has 0 spiro atoms. The lowest BCUT2D eigenvalue weighted by Crippen LogP contribution is -2.36. The molecule has 0 saturated carbocycles. The predicted molar refractivity (Wildman–Crippen MR) is 94.9 cm³/mol. The molecule has 3 rings (SSSR count). The Hall–Kier alpha value is -2.67. The predicted octanol–water partition coefficient (Wildman–Crippen LogP) is 2.94. The molecule has 0 bridgehead atoms. The van der Waals surface area contributed by atoms with Crippen LogP contribution in [0.2, 0.25) is 0 Å². The van der Waals surface area contributed by atoms with Gasteiger partial charge in [0.25, 0.3) is 0 Å². The van der Waals surface area contributed by atoms with E-state index in [1.807, 2.05) is 11.4 Å². The van der Waals surface area contributed by atoms with Gasteiger partial charge in [-0.3, -0.25) is 4.99 Å². The molecule has 0 aliphatic heterocycles. The minimum Gasteiger partial charge on any atom is -0.352 e. The van der Waals surface area contributed by atoms with Crippen molar-refractivity contribution in [3.63, 3.8) is 0 Å². The second-order valence-electron chi connectivity index (χ2n) is 5.17. The summed E-state index contributed by atoms with van der Waals surface area (Å²) >= 11 is 1.66. The van der Waals surface area contributed by atoms with Gasteiger partial charge in [-0.1, -0.05) is 6.07 Å². The summed E-state index contributed by atoms with van der Waals surface area (Å²) in [5.41, 5.74) is 2.53. The van der Waals surface area contributed by atoms with Crippen LogP contribution >= 0.6 is 11.3 Å². The number of benzene rings is 1. The first-order chi connectivity index (χ1) is 11.8. The molecule has 0 atom stereocenters. The summed E-state index contributed by atoms with van der Waals surface area (Å²) in [4.78, 5) is 8.11. The fourth-order valence-corrected chi connectivity index (χ4v) is 2.93. The first-order valence-corrected chi connectivity index (χ1v) is 8.43. The van der Waals surface area contributed by atoms with Crippen LogP contribution in [0.3, 0.4) is 0 Å². The lowest BCUT2D eigenvalue weighted by atomic mass is 10.2. The lowest BCUT2D eigenvalue weighted by molar-refractivity contribution is 0.615. The molecular formula is C17H18FN5S. The molecular weight excluding hydrogens is 325 g/mol. The van der Waals surface area contributed by atoms with Gasteiger partial charge in [-0.2, -0.15) is 11.3 Å². The molecule has 0 aliphatic carbocycles. The van der Waals surface area contributed by atoms with Gasteiger partial charge in [-0.25, -0.2) is 9.37 Å². The fourth-order valence-electron chi connectivity index (χ4n) is 2.26. The fraction of sp³-hybridized carbons (Fsp3) is 0.176. The van der Waals surface area contributed by atoms with Crippen molar-refractivity contribution in [2.75, 3.05) is 7.05 Å². The minimum atomic E-state index is -0.284. The third-order valence-corrected chi connectivity index (χ3v) is 4.25. The van der Waals surface area contributed by atoms with E-state index >= 15 is 0 Å². The molecule has 7 heteroatoms. The number of hydrogen-bond acceptors (Lipinski definition) is 3. The van der Waals surface area contributed by atoms with Gasteiger partial charge in [0, 0.05) is 32.5 Å². The highest BCUT2D eigenvalue weighted by Gasteiger charge is 2.06. The molecule has 2 heterocycles. The van der Waals surface area contributed by atoms with Gasteiger partial charge in [0.15, 0.2) is 5.96 Å². The topological polar surface area (TPSA) is 54.2 Å². The molecule has 24 heavy (non-hydrogen) atoms. The standard InChI is InChI=1S/C17H18FN5S/c1-19-17(22-10-14-4-7-24-11-14)21-9-13-2-3-16(15(18)8-13)23-6-5-20-12-23/h2-8,11-12H,9-10H2,1H3,(H2,19,21,22). The monoisotopic (exact) mass is 343 g/mol. The molecule has 2 N–H and O–H groups in total. The van der Waals surface area contributed by atoms with Gasteiger partial charge in [0.2, 0.25) is 0 Å². The number of thiophene rings is 1. The summed E-state index contributed by atoms with van der Waals surface area (Å²) in [5.74, 6) is 0.397. The molecule has 124 valence electrons. The molecule has 0 saturated heterocycles. The number of rotatable bonds is 5. The summed E-state index contributed by atoms with van der Waals surface area (Å²) in [6, 6.07) is 7.22. The number of hydrogen-bond donors (Lipinski definition) is 2. The quantitative estimate of drug-likeness (QED) is 0.553. The lowest BCUT2D eigenvalue weighted by Gasteiger charge is -2.12. The zero-order valence-electron chi connectivity index (χ0n) is 13.2. The number of aromatic nitrogens is 2. The van der Waals surface area contributed by atoms with Crippen LogP contribution in [0.15, 0.2) is 58.7 Å². The van der Waals surface area contributed by atoms with Gasteiger partial charge in [-0.05, 0) is 40.1 Å². The first kappa shape index (κ1) is 16.2. The molecule has 0 amide bonds. The van der Waals surface area contributed by atoms with Gasteiger partial charge < -0.3 is 15.2 Å². The second kappa shape index (κ2) is 7.74. The van der Waals surface area contributed by atoms with Gasteiger partial charge in [0.05, 0.1) is 12.0 Å². The minimum absolute atomic E-state index is 0.284. The summed E-state index contributed by atoms with van der Waals surface area (Å²) in [6.45, 7) is 1.20. The number of aliphatic imine (C=N–C) groups is 1. The maximum absolute atomic E-state index is 14.2. The van der Waals surface area contributed by atoms with Crippen molar-refractivity contribution < 1.29 is 4.39 Å². The average Bonchev–Trinajstić information content (AvgIpc) is 3.29. The van der Waals surface area contributed by atoms with Gasteiger partial charge in [0.1, 0.15) is 5.82 Å². The Morgan fingerprint density at radius 1 is 1.25 bits per heavy atom. The highest BCUT2D eigenvalue weighted by molar-refractivity contribution is 7.07. The van der Waals surface area contributed by atoms with E-state index in [0.29, 0.717) is 24.7 Å². The van der Waals surface area contributed by atoms with Crippen molar-refractivity contribution >= 4 is 17.3 Å². The Morgan fingerprint density at radius 2 is 2.08 bits per heavy atom. The van der Waals surface area contributed by atoms with E-state index in [-0.39, 0.29) is 5.82 Å². The Kier molecular flexibility index (Phi) is 5.22. The van der Waals surface area contributed by atoms with Gasteiger partial charge in [-0.15, -0.1) is 0 Å². The Labute approximate surface area is 143 Å². The van der Waals surface area contributed by atoms with Crippen LogP contribution in [-0.4, -0.2) is 22.6 Å². The summed E-state index contributed by atoms with van der Waals surface area (Å²) < 4.78 is 15.9. The van der Waals surface area contributed by atoms with E-state index < -0.39 is 0 Å². The number of imidazole rings is 1. The van der Waals surface area contributed by atoms with E-state index in [9.17, 15) is 4.39 Å². The van der Waals surface area contributed by atoms with Crippen LogP contribution in [-0.2, 0) is 13.1 Å². The molecule has 1 aromatic carbocycles. The van der Waals surface area contributed by atoms with E-state index in [4.69, 9.17) is 0 Å². The molecule has 5 nitrogen and oxygen atoms in total. The maximum atomic E-state index is 14.2. The van der Waals surface area contributed by atoms with Crippen LogP contribution in [0.5, 0.6) is 0 Å². The summed E-state index contributed by atoms with van der Waals surface area (Å²) in [5, 5.41) is 10.5. The van der Waals surface area contributed by atoms with E-state index in [1.54, 1.807) is 47.7 Å². The first-order valence-electron chi connectivity index (χ1n) is 7.48. The molecule has 2 aromatic heterocycles. The van der Waals surface area contributed by atoms with Crippen LogP contribution in [0.25, 0.3) is 5.69 Å².